The van der Waals surface area contributed by atoms with Gasteiger partial charge in [-0.05, 0) is 40.9 Å². The van der Waals surface area contributed by atoms with Gasteiger partial charge in [-0.2, -0.15) is 16.6 Å². The standard InChI is InChI=1S/C13H11N3O2S/c14-8-11-7-12(1-2-13(11)16(17)18)15-5-3-10-4-6-19-9-10/h1-2,4,6-7,9,15H,3,5H2. The summed E-state index contributed by atoms with van der Waals surface area (Å²) in [5.74, 6) is 0. The molecule has 96 valence electrons. The van der Waals surface area contributed by atoms with Crippen molar-refractivity contribution in [2.24, 2.45) is 0 Å². The van der Waals surface area contributed by atoms with E-state index in [4.69, 9.17) is 5.26 Å². The predicted octanol–water partition coefficient (Wildman–Crippen LogP) is 3.18. The Morgan fingerprint density at radius 1 is 1.42 bits per heavy atom. The lowest BCUT2D eigenvalue weighted by atomic mass is 10.1. The first kappa shape index (κ1) is 13.1. The van der Waals surface area contributed by atoms with Gasteiger partial charge in [0.25, 0.3) is 5.69 Å². The number of nitriles is 1. The van der Waals surface area contributed by atoms with Crippen LogP contribution in [0.5, 0.6) is 0 Å². The molecule has 1 aromatic heterocycles. The first-order valence-corrected chi connectivity index (χ1v) is 6.58. The number of thiophene rings is 1. The fourth-order valence-electron chi connectivity index (χ4n) is 1.68. The summed E-state index contributed by atoms with van der Waals surface area (Å²) in [5.41, 5.74) is 1.88. The van der Waals surface area contributed by atoms with Crippen molar-refractivity contribution in [3.05, 3.63) is 56.3 Å². The Balaban J connectivity index is 2.01. The Bertz CT molecular complexity index is 617. The Labute approximate surface area is 114 Å². The minimum atomic E-state index is -0.548. The van der Waals surface area contributed by atoms with Crippen LogP contribution in [0.25, 0.3) is 0 Å². The maximum atomic E-state index is 10.7. The van der Waals surface area contributed by atoms with Gasteiger partial charge < -0.3 is 5.32 Å². The van der Waals surface area contributed by atoms with Crippen LogP contribution in [0.4, 0.5) is 11.4 Å². The molecule has 0 unspecified atom stereocenters. The van der Waals surface area contributed by atoms with Crippen molar-refractivity contribution in [1.82, 2.24) is 0 Å². The second-order valence-corrected chi connectivity index (χ2v) is 4.69. The predicted molar refractivity (Wildman–Crippen MR) is 74.3 cm³/mol. The maximum absolute atomic E-state index is 10.7. The third-order valence-corrected chi connectivity index (χ3v) is 3.37. The molecule has 19 heavy (non-hydrogen) atoms. The number of hydrogen-bond donors (Lipinski definition) is 1. The fraction of sp³-hybridized carbons (Fsp3) is 0.154. The summed E-state index contributed by atoms with van der Waals surface area (Å²) in [5, 5.41) is 26.8. The third kappa shape index (κ3) is 3.30. The summed E-state index contributed by atoms with van der Waals surface area (Å²) in [6.45, 7) is 0.722. The SMILES string of the molecule is N#Cc1cc(NCCc2ccsc2)ccc1[N+](=O)[O-]. The Kier molecular flexibility index (Phi) is 4.11. The topological polar surface area (TPSA) is 79.0 Å². The average molecular weight is 273 g/mol. The summed E-state index contributed by atoms with van der Waals surface area (Å²) in [6, 6.07) is 8.38. The summed E-state index contributed by atoms with van der Waals surface area (Å²) < 4.78 is 0. The molecule has 0 saturated carbocycles. The van der Waals surface area contributed by atoms with Crippen LogP contribution in [0.2, 0.25) is 0 Å². The molecule has 0 fully saturated rings. The molecule has 1 heterocycles. The Morgan fingerprint density at radius 3 is 2.89 bits per heavy atom. The van der Waals surface area contributed by atoms with E-state index in [1.807, 2.05) is 11.4 Å². The lowest BCUT2D eigenvalue weighted by Crippen LogP contribution is -2.04. The molecular formula is C13H11N3O2S. The number of nitrogens with one attached hydrogen (secondary N) is 1. The first-order chi connectivity index (χ1) is 9.20. The second kappa shape index (κ2) is 5.98. The highest BCUT2D eigenvalue weighted by atomic mass is 32.1. The van der Waals surface area contributed by atoms with Crippen LogP contribution in [0.15, 0.2) is 35.0 Å². The normalized spacial score (nSPS) is 9.84. The van der Waals surface area contributed by atoms with Gasteiger partial charge in [0.05, 0.1) is 4.92 Å². The number of benzene rings is 1. The van der Waals surface area contributed by atoms with Crippen molar-refractivity contribution in [2.45, 2.75) is 6.42 Å². The zero-order valence-corrected chi connectivity index (χ0v) is 10.8. The molecule has 1 aromatic carbocycles. The maximum Gasteiger partial charge on any atom is 0.287 e. The number of anilines is 1. The van der Waals surface area contributed by atoms with Gasteiger partial charge in [0, 0.05) is 18.3 Å². The monoisotopic (exact) mass is 273 g/mol. The molecule has 6 heteroatoms. The number of nitrogens with zero attached hydrogens (tertiary/aromatic N) is 2. The summed E-state index contributed by atoms with van der Waals surface area (Å²) in [7, 11) is 0. The van der Waals surface area contributed by atoms with Crippen LogP contribution in [0.3, 0.4) is 0 Å². The van der Waals surface area contributed by atoms with Crippen molar-refractivity contribution in [3.8, 4) is 6.07 Å². The molecule has 0 amide bonds. The molecule has 0 radical (unpaired) electrons. The smallest absolute Gasteiger partial charge is 0.287 e. The summed E-state index contributed by atoms with van der Waals surface area (Å²) in [6.07, 6.45) is 0.877. The highest BCUT2D eigenvalue weighted by Crippen LogP contribution is 2.21. The van der Waals surface area contributed by atoms with E-state index >= 15 is 0 Å². The van der Waals surface area contributed by atoms with Crippen LogP contribution < -0.4 is 5.32 Å². The van der Waals surface area contributed by atoms with Gasteiger partial charge in [-0.15, -0.1) is 0 Å². The van der Waals surface area contributed by atoms with Gasteiger partial charge in [0.15, 0.2) is 0 Å². The molecule has 0 spiro atoms. The minimum Gasteiger partial charge on any atom is -0.385 e. The number of rotatable bonds is 5. The Hall–Kier alpha value is -2.39. The molecule has 0 aliphatic heterocycles. The fourth-order valence-corrected chi connectivity index (χ4v) is 2.38. The zero-order chi connectivity index (χ0) is 13.7. The van der Waals surface area contributed by atoms with Gasteiger partial charge in [-0.3, -0.25) is 10.1 Å². The van der Waals surface area contributed by atoms with Crippen molar-refractivity contribution < 1.29 is 4.92 Å². The van der Waals surface area contributed by atoms with E-state index in [1.54, 1.807) is 17.4 Å². The van der Waals surface area contributed by atoms with Crippen molar-refractivity contribution in [3.63, 3.8) is 0 Å². The third-order valence-electron chi connectivity index (χ3n) is 2.64. The van der Waals surface area contributed by atoms with Gasteiger partial charge in [-0.1, -0.05) is 0 Å². The molecule has 2 rings (SSSR count). The molecule has 0 bridgehead atoms. The van der Waals surface area contributed by atoms with E-state index in [2.05, 4.69) is 16.8 Å². The number of nitro groups is 1. The largest absolute Gasteiger partial charge is 0.385 e. The minimum absolute atomic E-state index is 0.0746. The van der Waals surface area contributed by atoms with Crippen LogP contribution in [-0.2, 0) is 6.42 Å². The van der Waals surface area contributed by atoms with Crippen molar-refractivity contribution in [1.29, 1.82) is 5.26 Å². The lowest BCUT2D eigenvalue weighted by Gasteiger charge is -2.06. The van der Waals surface area contributed by atoms with E-state index in [0.29, 0.717) is 0 Å². The molecule has 0 aliphatic rings. The lowest BCUT2D eigenvalue weighted by molar-refractivity contribution is -0.385. The number of nitro benzene ring substituents is 1. The van der Waals surface area contributed by atoms with Crippen LogP contribution in [0.1, 0.15) is 11.1 Å². The quantitative estimate of drug-likeness (QED) is 0.670. The van der Waals surface area contributed by atoms with Gasteiger partial charge in [0.2, 0.25) is 0 Å². The molecule has 2 aromatic rings. The van der Waals surface area contributed by atoms with E-state index in [9.17, 15) is 10.1 Å². The molecule has 0 atom stereocenters. The molecule has 0 aliphatic carbocycles. The van der Waals surface area contributed by atoms with Gasteiger partial charge in [-0.25, -0.2) is 0 Å². The van der Waals surface area contributed by atoms with Crippen LogP contribution >= 0.6 is 11.3 Å². The Morgan fingerprint density at radius 2 is 2.26 bits per heavy atom. The second-order valence-electron chi connectivity index (χ2n) is 3.91. The summed E-state index contributed by atoms with van der Waals surface area (Å²) >= 11 is 1.65. The van der Waals surface area contributed by atoms with E-state index in [-0.39, 0.29) is 11.3 Å². The molecule has 5 nitrogen and oxygen atoms in total. The molecule has 0 saturated heterocycles. The van der Waals surface area contributed by atoms with E-state index < -0.39 is 4.92 Å². The van der Waals surface area contributed by atoms with Crippen LogP contribution in [-0.4, -0.2) is 11.5 Å². The molecular weight excluding hydrogens is 262 g/mol. The van der Waals surface area contributed by atoms with Gasteiger partial charge >= 0.3 is 0 Å². The number of hydrogen-bond acceptors (Lipinski definition) is 5. The average Bonchev–Trinajstić information content (AvgIpc) is 2.91. The highest BCUT2D eigenvalue weighted by Gasteiger charge is 2.13. The van der Waals surface area contributed by atoms with Gasteiger partial charge in [0.1, 0.15) is 11.6 Å². The summed E-state index contributed by atoms with van der Waals surface area (Å²) in [4.78, 5) is 10.1. The van der Waals surface area contributed by atoms with E-state index in [1.165, 1.54) is 17.7 Å². The van der Waals surface area contributed by atoms with Crippen molar-refractivity contribution >= 4 is 22.7 Å². The van der Waals surface area contributed by atoms with Crippen LogP contribution in [0, 0.1) is 21.4 Å². The zero-order valence-electron chi connectivity index (χ0n) is 10.00. The first-order valence-electron chi connectivity index (χ1n) is 5.64. The highest BCUT2D eigenvalue weighted by molar-refractivity contribution is 7.07. The molecule has 1 N–H and O–H groups in total. The van der Waals surface area contributed by atoms with Crippen molar-refractivity contribution in [2.75, 3.05) is 11.9 Å². The van der Waals surface area contributed by atoms with E-state index in [0.717, 1.165) is 18.7 Å².